The summed E-state index contributed by atoms with van der Waals surface area (Å²) in [5.41, 5.74) is -0.308. The Kier molecular flexibility index (Phi) is 7.01. The zero-order chi connectivity index (χ0) is 19.8. The highest BCUT2D eigenvalue weighted by molar-refractivity contribution is 6.05. The van der Waals surface area contributed by atoms with E-state index in [1.165, 1.54) is 19.2 Å². The van der Waals surface area contributed by atoms with Crippen molar-refractivity contribution in [1.29, 1.82) is 0 Å². The second-order valence-corrected chi connectivity index (χ2v) is 5.18. The molecular formula is C19H17F2NO5. The third-order valence-corrected chi connectivity index (χ3v) is 3.32. The summed E-state index contributed by atoms with van der Waals surface area (Å²) in [7, 11) is 1.50. The van der Waals surface area contributed by atoms with Gasteiger partial charge in [-0.3, -0.25) is 4.79 Å². The number of carbonyl (C=O) groups is 2. The monoisotopic (exact) mass is 377 g/mol. The van der Waals surface area contributed by atoms with E-state index in [-0.39, 0.29) is 36.0 Å². The summed E-state index contributed by atoms with van der Waals surface area (Å²) in [6.07, 6.45) is 0.942. The van der Waals surface area contributed by atoms with Crippen LogP contribution in [0.15, 0.2) is 49.1 Å². The number of esters is 1. The zero-order valence-corrected chi connectivity index (χ0v) is 14.5. The van der Waals surface area contributed by atoms with Gasteiger partial charge in [0, 0.05) is 19.3 Å². The van der Waals surface area contributed by atoms with E-state index in [4.69, 9.17) is 14.2 Å². The molecule has 0 saturated carbocycles. The standard InChI is InChI=1S/C19H17F2NO5/c1-3-17(23)27-18-15(5-4-6-16(18)26-10-9-25-2)22-19(24)13-8-7-12(20)11-14(13)21/h3-8,11H,1,9-10H2,2H3,(H,22,24). The van der Waals surface area contributed by atoms with Crippen molar-refractivity contribution in [2.45, 2.75) is 0 Å². The lowest BCUT2D eigenvalue weighted by molar-refractivity contribution is -0.129. The molecule has 0 saturated heterocycles. The maximum Gasteiger partial charge on any atom is 0.335 e. The molecule has 0 fully saturated rings. The van der Waals surface area contributed by atoms with E-state index in [2.05, 4.69) is 11.9 Å². The molecule has 2 rings (SSSR count). The fourth-order valence-electron chi connectivity index (χ4n) is 2.07. The number of para-hydroxylation sites is 1. The van der Waals surface area contributed by atoms with Gasteiger partial charge < -0.3 is 19.5 Å². The smallest absolute Gasteiger partial charge is 0.335 e. The summed E-state index contributed by atoms with van der Waals surface area (Å²) >= 11 is 0. The van der Waals surface area contributed by atoms with Gasteiger partial charge in [-0.2, -0.15) is 0 Å². The minimum Gasteiger partial charge on any atom is -0.487 e. The van der Waals surface area contributed by atoms with Crippen molar-refractivity contribution in [2.24, 2.45) is 0 Å². The van der Waals surface area contributed by atoms with Crippen LogP contribution in [0.25, 0.3) is 0 Å². The van der Waals surface area contributed by atoms with Gasteiger partial charge in [0.15, 0.2) is 11.5 Å². The second kappa shape index (κ2) is 9.44. The molecule has 0 aromatic heterocycles. The molecule has 0 aliphatic rings. The number of methoxy groups -OCH3 is 1. The van der Waals surface area contributed by atoms with Crippen molar-refractivity contribution in [1.82, 2.24) is 0 Å². The number of amides is 1. The highest BCUT2D eigenvalue weighted by Crippen LogP contribution is 2.36. The molecule has 0 spiro atoms. The van der Waals surface area contributed by atoms with E-state index < -0.39 is 23.5 Å². The van der Waals surface area contributed by atoms with Crippen LogP contribution in [0.2, 0.25) is 0 Å². The zero-order valence-electron chi connectivity index (χ0n) is 14.5. The van der Waals surface area contributed by atoms with E-state index >= 15 is 0 Å². The Morgan fingerprint density at radius 1 is 1.19 bits per heavy atom. The summed E-state index contributed by atoms with van der Waals surface area (Å²) in [5, 5.41) is 2.42. The van der Waals surface area contributed by atoms with E-state index in [0.29, 0.717) is 6.07 Å². The van der Waals surface area contributed by atoms with Crippen LogP contribution >= 0.6 is 0 Å². The Bertz CT molecular complexity index is 854. The topological polar surface area (TPSA) is 73.9 Å². The van der Waals surface area contributed by atoms with Crippen LogP contribution < -0.4 is 14.8 Å². The molecule has 2 aromatic rings. The number of hydrogen-bond acceptors (Lipinski definition) is 5. The molecule has 142 valence electrons. The first-order valence-electron chi connectivity index (χ1n) is 7.81. The Morgan fingerprint density at radius 2 is 1.96 bits per heavy atom. The summed E-state index contributed by atoms with van der Waals surface area (Å²) in [5.74, 6) is -3.37. The van der Waals surface area contributed by atoms with Crippen LogP contribution in [0.5, 0.6) is 11.5 Å². The highest BCUT2D eigenvalue weighted by atomic mass is 19.1. The molecule has 0 aliphatic carbocycles. The number of rotatable bonds is 8. The van der Waals surface area contributed by atoms with Gasteiger partial charge in [0.1, 0.15) is 18.2 Å². The fraction of sp³-hybridized carbons (Fsp3) is 0.158. The molecule has 6 nitrogen and oxygen atoms in total. The van der Waals surface area contributed by atoms with Gasteiger partial charge >= 0.3 is 5.97 Å². The van der Waals surface area contributed by atoms with Gasteiger partial charge in [0.05, 0.1) is 17.9 Å². The molecule has 1 amide bonds. The molecule has 2 aromatic carbocycles. The molecule has 8 heteroatoms. The molecule has 0 bridgehead atoms. The van der Waals surface area contributed by atoms with Crippen LogP contribution in [0.1, 0.15) is 10.4 Å². The van der Waals surface area contributed by atoms with E-state index in [9.17, 15) is 18.4 Å². The SMILES string of the molecule is C=CC(=O)Oc1c(NC(=O)c2ccc(F)cc2F)cccc1OCCOC. The second-order valence-electron chi connectivity index (χ2n) is 5.18. The summed E-state index contributed by atoms with van der Waals surface area (Å²) in [6, 6.07) is 7.07. The number of benzene rings is 2. The van der Waals surface area contributed by atoms with Crippen LogP contribution in [-0.4, -0.2) is 32.2 Å². The lowest BCUT2D eigenvalue weighted by Gasteiger charge is -2.15. The summed E-state index contributed by atoms with van der Waals surface area (Å²) in [4.78, 5) is 24.0. The predicted octanol–water partition coefficient (Wildman–Crippen LogP) is 3.33. The first-order chi connectivity index (χ1) is 13.0. The van der Waals surface area contributed by atoms with E-state index in [0.717, 1.165) is 18.2 Å². The maximum atomic E-state index is 13.8. The molecular weight excluding hydrogens is 360 g/mol. The van der Waals surface area contributed by atoms with Crippen molar-refractivity contribution in [3.8, 4) is 11.5 Å². The number of carbonyl (C=O) groups excluding carboxylic acids is 2. The van der Waals surface area contributed by atoms with Crippen LogP contribution in [0.4, 0.5) is 14.5 Å². The Balaban J connectivity index is 2.33. The Morgan fingerprint density at radius 3 is 2.63 bits per heavy atom. The molecule has 0 atom stereocenters. The summed E-state index contributed by atoms with van der Waals surface area (Å²) in [6.45, 7) is 3.76. The van der Waals surface area contributed by atoms with Gasteiger partial charge in [-0.25, -0.2) is 13.6 Å². The third kappa shape index (κ3) is 5.35. The number of nitrogens with one attached hydrogen (secondary N) is 1. The van der Waals surface area contributed by atoms with Crippen LogP contribution in [0, 0.1) is 11.6 Å². The third-order valence-electron chi connectivity index (χ3n) is 3.32. The molecule has 0 unspecified atom stereocenters. The van der Waals surface area contributed by atoms with Crippen molar-refractivity contribution in [3.05, 3.63) is 66.3 Å². The number of halogens is 2. The van der Waals surface area contributed by atoms with Gasteiger partial charge in [-0.1, -0.05) is 12.6 Å². The fourth-order valence-corrected chi connectivity index (χ4v) is 2.07. The predicted molar refractivity (Wildman–Crippen MR) is 94.0 cm³/mol. The molecule has 0 heterocycles. The molecule has 27 heavy (non-hydrogen) atoms. The van der Waals surface area contributed by atoms with Crippen molar-refractivity contribution in [2.75, 3.05) is 25.6 Å². The highest BCUT2D eigenvalue weighted by Gasteiger charge is 2.19. The van der Waals surface area contributed by atoms with Crippen molar-refractivity contribution < 1.29 is 32.6 Å². The van der Waals surface area contributed by atoms with E-state index in [1.807, 2.05) is 0 Å². The first-order valence-corrected chi connectivity index (χ1v) is 7.81. The minimum absolute atomic E-state index is 0.0637. The average Bonchev–Trinajstić information content (AvgIpc) is 2.63. The van der Waals surface area contributed by atoms with Gasteiger partial charge in [-0.15, -0.1) is 0 Å². The Hall–Kier alpha value is -3.26. The van der Waals surface area contributed by atoms with Gasteiger partial charge in [0.2, 0.25) is 0 Å². The van der Waals surface area contributed by atoms with Crippen molar-refractivity contribution in [3.63, 3.8) is 0 Å². The van der Waals surface area contributed by atoms with Gasteiger partial charge in [-0.05, 0) is 24.3 Å². The molecule has 0 aliphatic heterocycles. The quantitative estimate of drug-likeness (QED) is 0.331. The largest absolute Gasteiger partial charge is 0.487 e. The molecule has 1 N–H and O–H groups in total. The molecule has 0 radical (unpaired) electrons. The number of ether oxygens (including phenoxy) is 3. The van der Waals surface area contributed by atoms with Crippen LogP contribution in [0.3, 0.4) is 0 Å². The summed E-state index contributed by atoms with van der Waals surface area (Å²) < 4.78 is 42.4. The maximum absolute atomic E-state index is 13.8. The first kappa shape index (κ1) is 20.1. The minimum atomic E-state index is -1.02. The average molecular weight is 377 g/mol. The van der Waals surface area contributed by atoms with Gasteiger partial charge in [0.25, 0.3) is 5.91 Å². The van der Waals surface area contributed by atoms with Crippen molar-refractivity contribution >= 4 is 17.6 Å². The van der Waals surface area contributed by atoms with E-state index in [1.54, 1.807) is 6.07 Å². The number of anilines is 1. The number of hydrogen-bond donors (Lipinski definition) is 1. The normalized spacial score (nSPS) is 10.2. The lowest BCUT2D eigenvalue weighted by atomic mass is 10.2. The Labute approximate surface area is 154 Å². The van der Waals surface area contributed by atoms with Crippen LogP contribution in [-0.2, 0) is 9.53 Å². The lowest BCUT2D eigenvalue weighted by Crippen LogP contribution is -2.16.